The molecule has 2 aliphatic rings. The fourth-order valence-corrected chi connectivity index (χ4v) is 13.6. The average molecular weight is 977 g/mol. The van der Waals surface area contributed by atoms with Crippen LogP contribution in [-0.4, -0.2) is 4.57 Å². The Bertz CT molecular complexity index is 4570. The van der Waals surface area contributed by atoms with E-state index in [1.165, 1.54) is 121 Å². The molecule has 2 aliphatic carbocycles. The lowest BCUT2D eigenvalue weighted by Gasteiger charge is -2.32. The SMILES string of the molecule is c1ccc(-c2c3ccccc3c(-c3ccccc3)c3cc(-c4ccc5c(c4)C4(c6ccccc6-c6ccccc64)c4cc(N(c6ccccc6)c6ccc(-n7c8ccccc8c8ccccc87)cc6)ccc4-5)ccc23)cc1. The van der Waals surface area contributed by atoms with Gasteiger partial charge in [-0.05, 0) is 172 Å². The molecule has 0 aliphatic heterocycles. The van der Waals surface area contributed by atoms with Crippen molar-refractivity contribution in [2.45, 2.75) is 5.41 Å². The van der Waals surface area contributed by atoms with Crippen molar-refractivity contribution in [2.24, 2.45) is 0 Å². The molecule has 2 heteroatoms. The summed E-state index contributed by atoms with van der Waals surface area (Å²) in [7, 11) is 0. The lowest BCUT2D eigenvalue weighted by Crippen LogP contribution is -2.26. The van der Waals surface area contributed by atoms with Crippen LogP contribution in [0.4, 0.5) is 17.1 Å². The van der Waals surface area contributed by atoms with Gasteiger partial charge < -0.3 is 9.47 Å². The number of para-hydroxylation sites is 3. The summed E-state index contributed by atoms with van der Waals surface area (Å²) in [5.74, 6) is 0. The Morgan fingerprint density at radius 2 is 0.662 bits per heavy atom. The Hall–Kier alpha value is -10.0. The molecule has 0 saturated carbocycles. The molecular weight excluding hydrogens is 929 g/mol. The van der Waals surface area contributed by atoms with Crippen LogP contribution < -0.4 is 4.90 Å². The molecule has 1 spiro atoms. The Kier molecular flexibility index (Phi) is 9.58. The van der Waals surface area contributed by atoms with Crippen LogP contribution in [0.1, 0.15) is 22.3 Å². The van der Waals surface area contributed by atoms with Crippen molar-refractivity contribution in [1.29, 1.82) is 0 Å². The molecular formula is C75H48N2. The van der Waals surface area contributed by atoms with Gasteiger partial charge in [0, 0.05) is 33.5 Å². The van der Waals surface area contributed by atoms with Gasteiger partial charge in [0.15, 0.2) is 0 Å². The van der Waals surface area contributed by atoms with Crippen LogP contribution in [0.2, 0.25) is 0 Å². The molecule has 0 radical (unpaired) electrons. The molecule has 0 N–H and O–H groups in total. The molecule has 1 aromatic heterocycles. The van der Waals surface area contributed by atoms with Gasteiger partial charge in [0.05, 0.1) is 16.4 Å². The summed E-state index contributed by atoms with van der Waals surface area (Å²) in [6, 6.07) is 108. The lowest BCUT2D eigenvalue weighted by molar-refractivity contribution is 0.794. The largest absolute Gasteiger partial charge is 0.310 e. The van der Waals surface area contributed by atoms with Gasteiger partial charge in [0.25, 0.3) is 0 Å². The first-order valence-corrected chi connectivity index (χ1v) is 26.7. The third-order valence-corrected chi connectivity index (χ3v) is 16.8. The first-order chi connectivity index (χ1) is 38.2. The molecule has 0 fully saturated rings. The molecule has 0 unspecified atom stereocenters. The minimum atomic E-state index is -0.574. The number of aromatic nitrogens is 1. The summed E-state index contributed by atoms with van der Waals surface area (Å²) < 4.78 is 2.39. The van der Waals surface area contributed by atoms with E-state index < -0.39 is 5.41 Å². The predicted molar refractivity (Wildman–Crippen MR) is 323 cm³/mol. The van der Waals surface area contributed by atoms with Gasteiger partial charge in [0.2, 0.25) is 0 Å². The summed E-state index contributed by atoms with van der Waals surface area (Å²) in [4.78, 5) is 2.43. The average Bonchev–Trinajstić information content (AvgIpc) is 4.32. The maximum absolute atomic E-state index is 2.53. The fourth-order valence-electron chi connectivity index (χ4n) is 13.6. The second-order valence-electron chi connectivity index (χ2n) is 20.7. The molecule has 0 atom stereocenters. The second kappa shape index (κ2) is 17.0. The van der Waals surface area contributed by atoms with E-state index in [4.69, 9.17) is 0 Å². The minimum absolute atomic E-state index is 0.574. The summed E-state index contributed by atoms with van der Waals surface area (Å²) in [6.45, 7) is 0. The summed E-state index contributed by atoms with van der Waals surface area (Å²) in [5.41, 5.74) is 24.0. The molecule has 0 amide bonds. The summed E-state index contributed by atoms with van der Waals surface area (Å²) in [5, 5.41) is 7.52. The zero-order valence-electron chi connectivity index (χ0n) is 42.1. The number of nitrogens with zero attached hydrogens (tertiary/aromatic N) is 2. The number of fused-ring (bicyclic) bond motifs is 15. The third-order valence-electron chi connectivity index (χ3n) is 16.8. The highest BCUT2D eigenvalue weighted by atomic mass is 15.1. The van der Waals surface area contributed by atoms with E-state index in [-0.39, 0.29) is 0 Å². The molecule has 2 nitrogen and oxygen atoms in total. The van der Waals surface area contributed by atoms with Crippen LogP contribution in [-0.2, 0) is 5.41 Å². The Labute approximate surface area is 447 Å². The van der Waals surface area contributed by atoms with Crippen molar-refractivity contribution >= 4 is 60.4 Å². The van der Waals surface area contributed by atoms with Crippen LogP contribution in [0, 0.1) is 0 Å². The van der Waals surface area contributed by atoms with E-state index in [0.717, 1.165) is 22.7 Å². The van der Waals surface area contributed by atoms with E-state index in [1.807, 2.05) is 0 Å². The number of hydrogen-bond donors (Lipinski definition) is 0. The van der Waals surface area contributed by atoms with E-state index >= 15 is 0 Å². The Morgan fingerprint density at radius 1 is 0.247 bits per heavy atom. The molecule has 77 heavy (non-hydrogen) atoms. The van der Waals surface area contributed by atoms with Crippen LogP contribution in [0.3, 0.4) is 0 Å². The van der Waals surface area contributed by atoms with E-state index in [0.29, 0.717) is 0 Å². The first kappa shape index (κ1) is 43.4. The van der Waals surface area contributed by atoms with Crippen molar-refractivity contribution < 1.29 is 0 Å². The standard InChI is InChI=1S/C75H48N2/c1-4-20-49(21-5-1)73-63-30-10-11-31-64(63)74(50-22-6-2-7-23-50)66-46-51(37-44-65(66)73)52-36-43-59-60-45-42-56(48-70(60)75(69(59)47-52)67-32-16-12-26-57(67)58-27-13-17-33-68(58)75)76(53-24-8-3-9-25-53)54-38-40-55(41-39-54)77-71-34-18-14-28-61(71)62-29-15-19-35-72(62)77/h1-48H. The maximum Gasteiger partial charge on any atom is 0.0726 e. The molecule has 1 heterocycles. The molecule has 0 bridgehead atoms. The normalized spacial score (nSPS) is 12.8. The third kappa shape index (κ3) is 6.37. The zero-order chi connectivity index (χ0) is 50.6. The van der Waals surface area contributed by atoms with Crippen LogP contribution >= 0.6 is 0 Å². The Balaban J connectivity index is 0.896. The fraction of sp³-hybridized carbons (Fsp3) is 0.0133. The van der Waals surface area contributed by atoms with Gasteiger partial charge >= 0.3 is 0 Å². The molecule has 13 aromatic carbocycles. The minimum Gasteiger partial charge on any atom is -0.310 e. The summed E-state index contributed by atoms with van der Waals surface area (Å²) >= 11 is 0. The molecule has 358 valence electrons. The van der Waals surface area contributed by atoms with Crippen LogP contribution in [0.25, 0.3) is 105 Å². The van der Waals surface area contributed by atoms with E-state index in [1.54, 1.807) is 0 Å². The van der Waals surface area contributed by atoms with E-state index in [2.05, 4.69) is 301 Å². The topological polar surface area (TPSA) is 8.17 Å². The van der Waals surface area contributed by atoms with E-state index in [9.17, 15) is 0 Å². The number of anilines is 3. The van der Waals surface area contributed by atoms with Gasteiger partial charge in [-0.15, -0.1) is 0 Å². The second-order valence-corrected chi connectivity index (χ2v) is 20.7. The smallest absolute Gasteiger partial charge is 0.0726 e. The maximum atomic E-state index is 2.53. The van der Waals surface area contributed by atoms with Crippen LogP contribution in [0.5, 0.6) is 0 Å². The first-order valence-electron chi connectivity index (χ1n) is 26.7. The highest BCUT2D eigenvalue weighted by Crippen LogP contribution is 2.64. The van der Waals surface area contributed by atoms with Gasteiger partial charge in [-0.1, -0.05) is 218 Å². The zero-order valence-corrected chi connectivity index (χ0v) is 42.1. The van der Waals surface area contributed by atoms with Gasteiger partial charge in [-0.25, -0.2) is 0 Å². The van der Waals surface area contributed by atoms with Crippen molar-refractivity contribution in [1.82, 2.24) is 4.57 Å². The number of benzene rings is 13. The van der Waals surface area contributed by atoms with Crippen molar-refractivity contribution in [3.63, 3.8) is 0 Å². The Morgan fingerprint density at radius 3 is 1.27 bits per heavy atom. The van der Waals surface area contributed by atoms with Gasteiger partial charge in [0.1, 0.15) is 0 Å². The lowest BCUT2D eigenvalue weighted by atomic mass is 9.70. The van der Waals surface area contributed by atoms with Crippen LogP contribution in [0.15, 0.2) is 291 Å². The van der Waals surface area contributed by atoms with Crippen molar-refractivity contribution in [3.05, 3.63) is 313 Å². The van der Waals surface area contributed by atoms with Crippen molar-refractivity contribution in [3.8, 4) is 61.3 Å². The number of rotatable bonds is 7. The monoisotopic (exact) mass is 976 g/mol. The van der Waals surface area contributed by atoms with Gasteiger partial charge in [-0.3, -0.25) is 0 Å². The van der Waals surface area contributed by atoms with Crippen molar-refractivity contribution in [2.75, 3.05) is 4.90 Å². The highest BCUT2D eigenvalue weighted by molar-refractivity contribution is 6.22. The highest BCUT2D eigenvalue weighted by Gasteiger charge is 2.52. The molecule has 16 rings (SSSR count). The summed E-state index contributed by atoms with van der Waals surface area (Å²) in [6.07, 6.45) is 0. The predicted octanol–water partition coefficient (Wildman–Crippen LogP) is 19.9. The molecule has 0 saturated heterocycles. The number of hydrogen-bond acceptors (Lipinski definition) is 1. The quantitative estimate of drug-likeness (QED) is 0.145. The molecule has 14 aromatic rings. The van der Waals surface area contributed by atoms with Gasteiger partial charge in [-0.2, -0.15) is 0 Å².